The standard InChI is InChI=1S/C11H16O4/c1-10(2)6-4-5-11(10,3)7(8(12)13)15-9(6)14/h6-7H,4-5H2,1-3H3,(H,12,13). The highest BCUT2D eigenvalue weighted by Crippen LogP contribution is 2.61. The molecule has 1 heterocycles. The van der Waals surface area contributed by atoms with Gasteiger partial charge in [0.2, 0.25) is 6.10 Å². The highest BCUT2D eigenvalue weighted by molar-refractivity contribution is 5.83. The zero-order valence-electron chi connectivity index (χ0n) is 9.24. The first-order valence-electron chi connectivity index (χ1n) is 5.24. The van der Waals surface area contributed by atoms with Gasteiger partial charge in [-0.2, -0.15) is 0 Å². The van der Waals surface area contributed by atoms with Crippen molar-refractivity contribution in [2.45, 2.75) is 39.7 Å². The second kappa shape index (κ2) is 2.74. The van der Waals surface area contributed by atoms with Gasteiger partial charge in [0, 0.05) is 5.41 Å². The largest absolute Gasteiger partial charge is 0.478 e. The highest BCUT2D eigenvalue weighted by atomic mass is 16.6. The van der Waals surface area contributed by atoms with Crippen LogP contribution in [0.3, 0.4) is 0 Å². The third-order valence-electron chi connectivity index (χ3n) is 4.62. The lowest BCUT2D eigenvalue weighted by Gasteiger charge is -2.47. The lowest BCUT2D eigenvalue weighted by molar-refractivity contribution is -0.197. The van der Waals surface area contributed by atoms with Crippen molar-refractivity contribution in [2.24, 2.45) is 16.7 Å². The van der Waals surface area contributed by atoms with E-state index in [0.717, 1.165) is 12.8 Å². The predicted molar refractivity (Wildman–Crippen MR) is 52.1 cm³/mol. The van der Waals surface area contributed by atoms with Crippen LogP contribution in [-0.4, -0.2) is 23.1 Å². The van der Waals surface area contributed by atoms with Gasteiger partial charge < -0.3 is 9.84 Å². The Labute approximate surface area is 88.6 Å². The Bertz CT molecular complexity index is 333. The number of ether oxygens (including phenoxy) is 1. The molecule has 1 saturated heterocycles. The molecule has 15 heavy (non-hydrogen) atoms. The second-order valence-electron chi connectivity index (χ2n) is 5.39. The number of aliphatic carboxylic acids is 1. The zero-order valence-corrected chi connectivity index (χ0v) is 9.24. The Morgan fingerprint density at radius 2 is 2.07 bits per heavy atom. The molecule has 1 N–H and O–H groups in total. The maximum Gasteiger partial charge on any atom is 0.345 e. The van der Waals surface area contributed by atoms with E-state index in [2.05, 4.69) is 0 Å². The number of fused-ring (bicyclic) bond motifs is 2. The van der Waals surface area contributed by atoms with Gasteiger partial charge in [0.05, 0.1) is 5.92 Å². The van der Waals surface area contributed by atoms with Crippen LogP contribution in [0.15, 0.2) is 0 Å². The molecule has 3 atom stereocenters. The van der Waals surface area contributed by atoms with E-state index in [9.17, 15) is 9.59 Å². The van der Waals surface area contributed by atoms with E-state index in [-0.39, 0.29) is 17.3 Å². The molecule has 4 nitrogen and oxygen atoms in total. The molecule has 1 saturated carbocycles. The van der Waals surface area contributed by atoms with Gasteiger partial charge >= 0.3 is 11.9 Å². The van der Waals surface area contributed by atoms with Crippen LogP contribution >= 0.6 is 0 Å². The van der Waals surface area contributed by atoms with Gasteiger partial charge in [0.25, 0.3) is 0 Å². The van der Waals surface area contributed by atoms with Crippen molar-refractivity contribution in [3.63, 3.8) is 0 Å². The Morgan fingerprint density at radius 1 is 1.47 bits per heavy atom. The first-order chi connectivity index (χ1) is 6.80. The summed E-state index contributed by atoms with van der Waals surface area (Å²) >= 11 is 0. The van der Waals surface area contributed by atoms with Crippen LogP contribution in [0.5, 0.6) is 0 Å². The average molecular weight is 212 g/mol. The molecule has 0 radical (unpaired) electrons. The number of esters is 1. The average Bonchev–Trinajstić information content (AvgIpc) is 2.28. The number of cyclic esters (lactones) is 1. The SMILES string of the molecule is CC1(C)C2CCC1(C)C(C(=O)O)OC2=O. The molecule has 0 amide bonds. The molecule has 0 aromatic carbocycles. The Kier molecular flexibility index (Phi) is 1.91. The maximum absolute atomic E-state index is 11.6. The molecule has 4 heteroatoms. The molecule has 1 aliphatic heterocycles. The van der Waals surface area contributed by atoms with Crippen LogP contribution in [-0.2, 0) is 14.3 Å². The summed E-state index contributed by atoms with van der Waals surface area (Å²) < 4.78 is 5.03. The van der Waals surface area contributed by atoms with E-state index in [1.807, 2.05) is 20.8 Å². The van der Waals surface area contributed by atoms with Crippen molar-refractivity contribution in [3.05, 3.63) is 0 Å². The lowest BCUT2D eigenvalue weighted by atomic mass is 9.61. The minimum absolute atomic E-state index is 0.141. The first-order valence-corrected chi connectivity index (χ1v) is 5.24. The van der Waals surface area contributed by atoms with Gasteiger partial charge in [-0.3, -0.25) is 4.79 Å². The molecule has 2 bridgehead atoms. The summed E-state index contributed by atoms with van der Waals surface area (Å²) in [6, 6.07) is 0. The fourth-order valence-corrected chi connectivity index (χ4v) is 3.06. The number of hydrogen-bond donors (Lipinski definition) is 1. The van der Waals surface area contributed by atoms with Gasteiger partial charge in [-0.25, -0.2) is 4.79 Å². The van der Waals surface area contributed by atoms with Crippen LogP contribution in [0.4, 0.5) is 0 Å². The second-order valence-corrected chi connectivity index (χ2v) is 5.39. The molecule has 0 aromatic rings. The van der Waals surface area contributed by atoms with Crippen molar-refractivity contribution in [2.75, 3.05) is 0 Å². The van der Waals surface area contributed by atoms with E-state index in [1.54, 1.807) is 0 Å². The van der Waals surface area contributed by atoms with E-state index in [0.29, 0.717) is 0 Å². The van der Waals surface area contributed by atoms with Crippen LogP contribution in [0, 0.1) is 16.7 Å². The minimum atomic E-state index is -1.03. The van der Waals surface area contributed by atoms with Crippen LogP contribution in [0.1, 0.15) is 33.6 Å². The van der Waals surface area contributed by atoms with Gasteiger partial charge in [-0.05, 0) is 18.3 Å². The molecule has 1 aliphatic carbocycles. The fraction of sp³-hybridized carbons (Fsp3) is 0.818. The summed E-state index contributed by atoms with van der Waals surface area (Å²) in [5.41, 5.74) is -0.719. The van der Waals surface area contributed by atoms with Crippen molar-refractivity contribution >= 4 is 11.9 Å². The molecule has 0 aromatic heterocycles. The number of carboxylic acids is 1. The molecule has 3 unspecified atom stereocenters. The zero-order chi connectivity index (χ0) is 11.4. The topological polar surface area (TPSA) is 63.6 Å². The third kappa shape index (κ3) is 1.08. The van der Waals surface area contributed by atoms with Crippen molar-refractivity contribution in [1.82, 2.24) is 0 Å². The van der Waals surface area contributed by atoms with Crippen LogP contribution < -0.4 is 0 Å². The van der Waals surface area contributed by atoms with Crippen molar-refractivity contribution < 1.29 is 19.4 Å². The van der Waals surface area contributed by atoms with E-state index in [1.165, 1.54) is 0 Å². The van der Waals surface area contributed by atoms with Crippen LogP contribution in [0.2, 0.25) is 0 Å². The monoisotopic (exact) mass is 212 g/mol. The van der Waals surface area contributed by atoms with Gasteiger partial charge in [0.1, 0.15) is 0 Å². The number of carboxylic acid groups (broad SMARTS) is 1. The summed E-state index contributed by atoms with van der Waals surface area (Å²) in [7, 11) is 0. The van der Waals surface area contributed by atoms with E-state index in [4.69, 9.17) is 9.84 Å². The van der Waals surface area contributed by atoms with E-state index < -0.39 is 17.5 Å². The molecular weight excluding hydrogens is 196 g/mol. The minimum Gasteiger partial charge on any atom is -0.478 e. The molecule has 2 fully saturated rings. The summed E-state index contributed by atoms with van der Waals surface area (Å²) in [6.45, 7) is 5.86. The first kappa shape index (κ1) is 10.5. The number of rotatable bonds is 1. The van der Waals surface area contributed by atoms with Crippen molar-refractivity contribution in [3.8, 4) is 0 Å². The predicted octanol–water partition coefficient (Wildman–Crippen LogP) is 1.44. The number of carbonyl (C=O) groups is 2. The molecule has 2 aliphatic rings. The molecule has 0 spiro atoms. The van der Waals surface area contributed by atoms with Crippen molar-refractivity contribution in [1.29, 1.82) is 0 Å². The highest BCUT2D eigenvalue weighted by Gasteiger charge is 2.65. The maximum atomic E-state index is 11.6. The summed E-state index contributed by atoms with van der Waals surface area (Å²) in [4.78, 5) is 22.7. The Hall–Kier alpha value is -1.06. The van der Waals surface area contributed by atoms with E-state index >= 15 is 0 Å². The van der Waals surface area contributed by atoms with Gasteiger partial charge in [-0.1, -0.05) is 20.8 Å². The number of carbonyl (C=O) groups excluding carboxylic acids is 1. The third-order valence-corrected chi connectivity index (χ3v) is 4.62. The smallest absolute Gasteiger partial charge is 0.345 e. The van der Waals surface area contributed by atoms with Gasteiger partial charge in [-0.15, -0.1) is 0 Å². The lowest BCUT2D eigenvalue weighted by Crippen LogP contribution is -2.55. The molecular formula is C11H16O4. The normalized spacial score (nSPS) is 42.5. The quantitative estimate of drug-likeness (QED) is 0.668. The van der Waals surface area contributed by atoms with Crippen LogP contribution in [0.25, 0.3) is 0 Å². The summed E-state index contributed by atoms with van der Waals surface area (Å²) in [6.07, 6.45) is 0.498. The summed E-state index contributed by atoms with van der Waals surface area (Å²) in [5.74, 6) is -1.51. The number of hydrogen-bond acceptors (Lipinski definition) is 3. The van der Waals surface area contributed by atoms with Gasteiger partial charge in [0.15, 0.2) is 0 Å². The molecule has 84 valence electrons. The summed E-state index contributed by atoms with van der Waals surface area (Å²) in [5, 5.41) is 9.10. The molecule has 2 rings (SSSR count). The Balaban J connectivity index is 2.48. The Morgan fingerprint density at radius 3 is 2.60 bits per heavy atom. The fourth-order valence-electron chi connectivity index (χ4n) is 3.06.